The van der Waals surface area contributed by atoms with Crippen molar-refractivity contribution in [3.05, 3.63) is 144 Å². The van der Waals surface area contributed by atoms with Gasteiger partial charge in [0.15, 0.2) is 5.78 Å². The van der Waals surface area contributed by atoms with E-state index in [0.29, 0.717) is 17.7 Å². The molecule has 4 aromatic rings. The van der Waals surface area contributed by atoms with E-state index in [0.717, 1.165) is 33.9 Å². The molecule has 0 radical (unpaired) electrons. The average Bonchev–Trinajstić information content (AvgIpc) is 3.25. The molecule has 4 aromatic carbocycles. The Labute approximate surface area is 256 Å². The molecule has 0 saturated heterocycles. The summed E-state index contributed by atoms with van der Waals surface area (Å²) < 4.78 is 12.1. The van der Waals surface area contributed by atoms with Crippen LogP contribution in [0.1, 0.15) is 63.9 Å². The van der Waals surface area contributed by atoms with Gasteiger partial charge in [-0.2, -0.15) is 0 Å². The minimum Gasteiger partial charge on any atom is -0.457 e. The van der Waals surface area contributed by atoms with Gasteiger partial charge in [0.25, 0.3) is 0 Å². The van der Waals surface area contributed by atoms with Crippen LogP contribution in [0.2, 0.25) is 0 Å². The van der Waals surface area contributed by atoms with Gasteiger partial charge in [-0.15, -0.1) is 0 Å². The van der Waals surface area contributed by atoms with E-state index >= 15 is 0 Å². The van der Waals surface area contributed by atoms with E-state index in [9.17, 15) is 4.79 Å². The van der Waals surface area contributed by atoms with Gasteiger partial charge in [0.05, 0.1) is 0 Å². The number of ether oxygens (including phenoxy) is 2. The van der Waals surface area contributed by atoms with Crippen LogP contribution in [-0.2, 0) is 5.41 Å². The van der Waals surface area contributed by atoms with Crippen LogP contribution in [-0.4, -0.2) is 5.78 Å². The van der Waals surface area contributed by atoms with Crippen LogP contribution in [0, 0.1) is 5.41 Å². The second-order valence-electron chi connectivity index (χ2n) is 13.1. The Bertz CT molecular complexity index is 1650. The first-order chi connectivity index (χ1) is 20.5. The van der Waals surface area contributed by atoms with Gasteiger partial charge in [-0.05, 0) is 100 Å². The second-order valence-corrected chi connectivity index (χ2v) is 13.1. The van der Waals surface area contributed by atoms with Crippen LogP contribution in [0.3, 0.4) is 0 Å². The minimum absolute atomic E-state index is 0.0434. The summed E-state index contributed by atoms with van der Waals surface area (Å²) in [6, 6.07) is 31.7. The molecule has 0 aliphatic heterocycles. The molecule has 0 bridgehead atoms. The van der Waals surface area contributed by atoms with Crippen LogP contribution in [0.25, 0.3) is 11.1 Å². The van der Waals surface area contributed by atoms with Gasteiger partial charge < -0.3 is 9.47 Å². The normalized spacial score (nSPS) is 13.5. The van der Waals surface area contributed by atoms with Crippen molar-refractivity contribution in [1.29, 1.82) is 0 Å². The number of carbonyl (C=O) groups is 1. The molecule has 218 valence electrons. The van der Waals surface area contributed by atoms with Gasteiger partial charge in [0.1, 0.15) is 23.0 Å². The first-order valence-corrected chi connectivity index (χ1v) is 14.9. The molecule has 0 fully saturated rings. The van der Waals surface area contributed by atoms with Gasteiger partial charge >= 0.3 is 0 Å². The van der Waals surface area contributed by atoms with E-state index < -0.39 is 0 Å². The summed E-state index contributed by atoms with van der Waals surface area (Å²) in [5.41, 5.74) is 6.28. The average molecular weight is 569 g/mol. The number of hydrogen-bond donors (Lipinski definition) is 0. The maximum atomic E-state index is 13.1. The third-order valence-electron chi connectivity index (χ3n) is 7.61. The van der Waals surface area contributed by atoms with Gasteiger partial charge in [-0.25, -0.2) is 0 Å². The van der Waals surface area contributed by atoms with Gasteiger partial charge in [-0.3, -0.25) is 4.79 Å². The molecule has 0 unspecified atom stereocenters. The monoisotopic (exact) mass is 568 g/mol. The number of benzene rings is 4. The van der Waals surface area contributed by atoms with Crippen LogP contribution >= 0.6 is 0 Å². The molecule has 3 heteroatoms. The van der Waals surface area contributed by atoms with E-state index in [4.69, 9.17) is 9.47 Å². The lowest BCUT2D eigenvalue weighted by atomic mass is 9.86. The highest BCUT2D eigenvalue weighted by molar-refractivity contribution is 6.09. The predicted octanol–water partition coefficient (Wildman–Crippen LogP) is 11.3. The topological polar surface area (TPSA) is 35.5 Å². The van der Waals surface area contributed by atoms with Crippen molar-refractivity contribution in [2.24, 2.45) is 5.41 Å². The zero-order valence-electron chi connectivity index (χ0n) is 26.0. The van der Waals surface area contributed by atoms with Crippen LogP contribution in [0.4, 0.5) is 0 Å². The number of carbonyl (C=O) groups excluding carboxylic acids is 1. The molecule has 0 saturated carbocycles. The first-order valence-electron chi connectivity index (χ1n) is 14.9. The maximum absolute atomic E-state index is 13.1. The molecule has 5 rings (SSSR count). The number of rotatable bonds is 7. The molecule has 0 amide bonds. The summed E-state index contributed by atoms with van der Waals surface area (Å²) >= 11 is 0. The number of hydrogen-bond acceptors (Lipinski definition) is 3. The Balaban J connectivity index is 1.19. The van der Waals surface area contributed by atoms with Crippen molar-refractivity contribution in [1.82, 2.24) is 0 Å². The van der Waals surface area contributed by atoms with E-state index in [1.54, 1.807) is 0 Å². The van der Waals surface area contributed by atoms with Crippen LogP contribution < -0.4 is 9.47 Å². The molecular formula is C40H40O3. The molecule has 1 aliphatic carbocycles. The van der Waals surface area contributed by atoms with Crippen molar-refractivity contribution in [2.45, 2.75) is 53.4 Å². The fourth-order valence-corrected chi connectivity index (χ4v) is 4.88. The summed E-state index contributed by atoms with van der Waals surface area (Å²) in [5, 5.41) is 0. The fourth-order valence-electron chi connectivity index (χ4n) is 4.88. The summed E-state index contributed by atoms with van der Waals surface area (Å²) in [5.74, 6) is 3.09. The van der Waals surface area contributed by atoms with E-state index in [1.165, 1.54) is 11.1 Å². The molecule has 3 nitrogen and oxygen atoms in total. The third-order valence-corrected chi connectivity index (χ3v) is 7.61. The lowest BCUT2D eigenvalue weighted by Gasteiger charge is -2.19. The molecule has 0 heterocycles. The van der Waals surface area contributed by atoms with Crippen molar-refractivity contribution < 1.29 is 14.3 Å². The van der Waals surface area contributed by atoms with Gasteiger partial charge in [0.2, 0.25) is 0 Å². The summed E-state index contributed by atoms with van der Waals surface area (Å²) in [7, 11) is 0. The number of Topliss-reactive ketones (excluding diaryl/α,β-unsaturated/α-hetero) is 1. The SMILES string of the molecule is CC(C)(C)C1=CC=C(C(=O)c2ccc(Oc3ccc(-c4ccc(Oc5ccc(C(C)(C)C)cc5)cc4)cc3)cc2)CC=C1. The standard InChI is InChI=1S/C40H40O3/c1-39(2,3)32-9-7-8-30(10-17-32)38(41)31-15-24-36(25-16-31)42-34-20-11-28(12-21-34)29-13-22-35(23-14-29)43-37-26-18-33(19-27-37)40(4,5)6/h7,9-27H,8H2,1-6H3. The highest BCUT2D eigenvalue weighted by atomic mass is 16.5. The summed E-state index contributed by atoms with van der Waals surface area (Å²) in [6.07, 6.45) is 8.84. The molecule has 0 spiro atoms. The summed E-state index contributed by atoms with van der Waals surface area (Å²) in [4.78, 5) is 13.1. The van der Waals surface area contributed by atoms with E-state index in [2.05, 4.69) is 84.0 Å². The maximum Gasteiger partial charge on any atom is 0.189 e. The molecule has 1 aliphatic rings. The number of ketones is 1. The lowest BCUT2D eigenvalue weighted by molar-refractivity contribution is 0.103. The highest BCUT2D eigenvalue weighted by Gasteiger charge is 2.18. The fraction of sp³-hybridized carbons (Fsp3) is 0.225. The van der Waals surface area contributed by atoms with Crippen molar-refractivity contribution in [3.8, 4) is 34.1 Å². The Morgan fingerprint density at radius 2 is 1.00 bits per heavy atom. The molecule has 43 heavy (non-hydrogen) atoms. The Kier molecular flexibility index (Phi) is 8.54. The molecule has 0 N–H and O–H groups in total. The summed E-state index contributed by atoms with van der Waals surface area (Å²) in [6.45, 7) is 13.1. The highest BCUT2D eigenvalue weighted by Crippen LogP contribution is 2.32. The van der Waals surface area contributed by atoms with Crippen molar-refractivity contribution in [3.63, 3.8) is 0 Å². The smallest absolute Gasteiger partial charge is 0.189 e. The molecular weight excluding hydrogens is 528 g/mol. The zero-order valence-corrected chi connectivity index (χ0v) is 26.0. The minimum atomic E-state index is 0.0434. The van der Waals surface area contributed by atoms with Crippen molar-refractivity contribution in [2.75, 3.05) is 0 Å². The first kappa shape index (κ1) is 29.8. The third kappa shape index (κ3) is 7.61. The van der Waals surface area contributed by atoms with Crippen LogP contribution in [0.5, 0.6) is 23.0 Å². The quantitative estimate of drug-likeness (QED) is 0.208. The van der Waals surface area contributed by atoms with E-state index in [-0.39, 0.29) is 16.6 Å². The molecule has 0 aromatic heterocycles. The van der Waals surface area contributed by atoms with Gasteiger partial charge in [0, 0.05) is 11.1 Å². The Morgan fingerprint density at radius 3 is 1.44 bits per heavy atom. The van der Waals surface area contributed by atoms with Gasteiger partial charge in [-0.1, -0.05) is 102 Å². The Morgan fingerprint density at radius 1 is 0.558 bits per heavy atom. The lowest BCUT2D eigenvalue weighted by Crippen LogP contribution is -2.10. The van der Waals surface area contributed by atoms with E-state index in [1.807, 2.05) is 78.9 Å². The Hall–Kier alpha value is -4.63. The number of allylic oxidation sites excluding steroid dienone is 6. The van der Waals surface area contributed by atoms with Crippen LogP contribution in [0.15, 0.2) is 133 Å². The predicted molar refractivity (Wildman–Crippen MR) is 177 cm³/mol. The second kappa shape index (κ2) is 12.3. The zero-order chi connectivity index (χ0) is 30.6. The molecule has 0 atom stereocenters. The van der Waals surface area contributed by atoms with Crippen molar-refractivity contribution >= 4 is 5.78 Å². The largest absolute Gasteiger partial charge is 0.457 e.